The van der Waals surface area contributed by atoms with E-state index in [4.69, 9.17) is 19.6 Å². The van der Waals surface area contributed by atoms with Gasteiger partial charge in [0.05, 0.1) is 48.1 Å². The van der Waals surface area contributed by atoms with Gasteiger partial charge in [-0.3, -0.25) is 14.7 Å². The number of pyridine rings is 1. The highest BCUT2D eigenvalue weighted by atomic mass is 16.5. The zero-order valence-corrected chi connectivity index (χ0v) is 20.1. The number of fused-ring (bicyclic) bond motifs is 1. The number of ether oxygens (including phenoxy) is 2. The molecule has 1 unspecified atom stereocenters. The summed E-state index contributed by atoms with van der Waals surface area (Å²) < 4.78 is 16.4. The second-order valence-electron chi connectivity index (χ2n) is 9.32. The molecule has 5 rings (SSSR count). The Kier molecular flexibility index (Phi) is 7.45. The van der Waals surface area contributed by atoms with Gasteiger partial charge >= 0.3 is 0 Å². The van der Waals surface area contributed by atoms with Gasteiger partial charge in [0.15, 0.2) is 12.2 Å². The Morgan fingerprint density at radius 1 is 1.31 bits per heavy atom. The van der Waals surface area contributed by atoms with Gasteiger partial charge in [0, 0.05) is 32.7 Å². The number of aliphatic hydroxyl groups is 1. The first-order chi connectivity index (χ1) is 17.5. The van der Waals surface area contributed by atoms with Gasteiger partial charge in [-0.15, -0.1) is 0 Å². The molecular weight excluding hydrogens is 462 g/mol. The average Bonchev–Trinajstić information content (AvgIpc) is 3.58. The van der Waals surface area contributed by atoms with E-state index in [1.54, 1.807) is 18.5 Å². The monoisotopic (exact) mass is 493 g/mol. The highest BCUT2D eigenvalue weighted by Gasteiger charge is 2.22. The molecular formula is C26H31N5O5. The molecule has 36 heavy (non-hydrogen) atoms. The molecule has 4 heterocycles. The van der Waals surface area contributed by atoms with Crippen molar-refractivity contribution >= 4 is 11.6 Å². The van der Waals surface area contributed by atoms with Crippen LogP contribution in [0, 0.1) is 0 Å². The number of nitrogens with one attached hydrogen (secondary N) is 1. The summed E-state index contributed by atoms with van der Waals surface area (Å²) in [5.41, 5.74) is 9.65. The van der Waals surface area contributed by atoms with E-state index in [-0.39, 0.29) is 12.5 Å². The number of aliphatic hydroxyl groups excluding tert-OH is 1. The number of nitrogens with zero attached hydrogens (tertiary/aromatic N) is 3. The first kappa shape index (κ1) is 24.2. The number of anilines is 1. The molecule has 0 saturated carbocycles. The van der Waals surface area contributed by atoms with Crippen LogP contribution in [-0.4, -0.2) is 64.3 Å². The van der Waals surface area contributed by atoms with E-state index in [1.807, 2.05) is 6.07 Å². The van der Waals surface area contributed by atoms with Crippen LogP contribution in [0.1, 0.15) is 39.4 Å². The summed E-state index contributed by atoms with van der Waals surface area (Å²) in [6.45, 7) is 3.71. The van der Waals surface area contributed by atoms with Crippen LogP contribution in [0.5, 0.6) is 5.75 Å². The Labute approximate surface area is 209 Å². The molecule has 0 spiro atoms. The van der Waals surface area contributed by atoms with Crippen molar-refractivity contribution in [2.75, 3.05) is 31.6 Å². The molecule has 0 aliphatic carbocycles. The molecule has 2 aliphatic rings. The van der Waals surface area contributed by atoms with Crippen LogP contribution in [-0.2, 0) is 30.7 Å². The van der Waals surface area contributed by atoms with Crippen LogP contribution in [0.3, 0.4) is 0 Å². The lowest BCUT2D eigenvalue weighted by Gasteiger charge is -2.30. The van der Waals surface area contributed by atoms with Crippen LogP contribution in [0.4, 0.5) is 5.69 Å². The molecule has 2 aromatic heterocycles. The molecule has 1 aromatic carbocycles. The van der Waals surface area contributed by atoms with Crippen LogP contribution < -0.4 is 15.8 Å². The number of β-amino-alcohol motifs (C(OH)–C–C–N with tert-alkyl or cyclic N) is 1. The van der Waals surface area contributed by atoms with Gasteiger partial charge < -0.3 is 30.0 Å². The second-order valence-corrected chi connectivity index (χ2v) is 9.32. The summed E-state index contributed by atoms with van der Waals surface area (Å²) in [5.74, 6) is 0.919. The third-order valence-corrected chi connectivity index (χ3v) is 6.57. The largest absolute Gasteiger partial charge is 0.486 e. The predicted molar refractivity (Wildman–Crippen MR) is 132 cm³/mol. The molecule has 2 atom stereocenters. The number of amides is 1. The quantitative estimate of drug-likeness (QED) is 0.387. The van der Waals surface area contributed by atoms with Crippen molar-refractivity contribution in [2.24, 2.45) is 5.73 Å². The summed E-state index contributed by atoms with van der Waals surface area (Å²) in [6.07, 6.45) is 6.05. The summed E-state index contributed by atoms with van der Waals surface area (Å²) in [6, 6.07) is 8.00. The number of aromatic nitrogens is 2. The van der Waals surface area contributed by atoms with Crippen LogP contribution in [0.25, 0.3) is 0 Å². The fourth-order valence-corrected chi connectivity index (χ4v) is 4.72. The molecule has 10 heteroatoms. The molecule has 10 nitrogen and oxygen atoms in total. The van der Waals surface area contributed by atoms with E-state index >= 15 is 0 Å². The van der Waals surface area contributed by atoms with Crippen molar-refractivity contribution in [1.29, 1.82) is 0 Å². The van der Waals surface area contributed by atoms with E-state index in [0.29, 0.717) is 36.8 Å². The number of carbonyl (C=O) groups is 1. The lowest BCUT2D eigenvalue weighted by molar-refractivity contribution is 0.0986. The van der Waals surface area contributed by atoms with E-state index < -0.39 is 12.0 Å². The molecule has 1 amide bonds. The van der Waals surface area contributed by atoms with Crippen LogP contribution in [0.2, 0.25) is 0 Å². The number of nitrogens with two attached hydrogens (primary N) is 1. The smallest absolute Gasteiger partial charge is 0.250 e. The zero-order valence-electron chi connectivity index (χ0n) is 20.1. The first-order valence-electron chi connectivity index (χ1n) is 12.2. The molecule has 0 radical (unpaired) electrons. The molecule has 3 aromatic rings. The lowest BCUT2D eigenvalue weighted by Crippen LogP contribution is -2.37. The number of rotatable bonds is 10. The van der Waals surface area contributed by atoms with Gasteiger partial charge in [-0.05, 0) is 42.2 Å². The van der Waals surface area contributed by atoms with Gasteiger partial charge in [0.2, 0.25) is 0 Å². The summed E-state index contributed by atoms with van der Waals surface area (Å²) >= 11 is 0. The Balaban J connectivity index is 1.16. The van der Waals surface area contributed by atoms with E-state index in [9.17, 15) is 9.90 Å². The van der Waals surface area contributed by atoms with Gasteiger partial charge in [0.1, 0.15) is 12.4 Å². The first-order valence-corrected chi connectivity index (χ1v) is 12.2. The maximum Gasteiger partial charge on any atom is 0.250 e. The minimum atomic E-state index is -0.677. The number of primary amides is 1. The third-order valence-electron chi connectivity index (χ3n) is 6.57. The number of carbonyl (C=O) groups excluding carboxylic acids is 1. The topological polar surface area (TPSA) is 136 Å². The minimum absolute atomic E-state index is 0.196. The molecule has 2 aliphatic heterocycles. The highest BCUT2D eigenvalue weighted by Crippen LogP contribution is 2.25. The molecule has 0 bridgehead atoms. The highest BCUT2D eigenvalue weighted by molar-refractivity contribution is 5.94. The SMILES string of the molecule is NC(=O)c1cc(NC2CCOC2)cnc1C[C@H](O)CN1CCc2cc(OCc3cnco3)ccc2C1. The standard InChI is InChI=1S/C26H31N5O5/c27-26(33)24-8-20(30-19-4-6-34-14-19)10-29-25(24)9-21(32)13-31-5-3-17-7-22(2-1-18(17)12-31)35-15-23-11-28-16-36-23/h1-2,7-8,10-11,16,19,21,30,32H,3-6,9,12-15H2,(H2,27,33)/t19?,21-/m0/s1. The van der Waals surface area contributed by atoms with Crippen molar-refractivity contribution in [3.8, 4) is 5.75 Å². The van der Waals surface area contributed by atoms with E-state index in [1.165, 1.54) is 17.5 Å². The molecule has 4 N–H and O–H groups in total. The van der Waals surface area contributed by atoms with Crippen LogP contribution in [0.15, 0.2) is 47.5 Å². The number of hydrogen-bond donors (Lipinski definition) is 3. The Morgan fingerprint density at radius 2 is 2.22 bits per heavy atom. The van der Waals surface area contributed by atoms with Crippen LogP contribution >= 0.6 is 0 Å². The summed E-state index contributed by atoms with van der Waals surface area (Å²) in [4.78, 5) is 22.6. The lowest BCUT2D eigenvalue weighted by atomic mass is 9.98. The average molecular weight is 494 g/mol. The Hall–Kier alpha value is -3.47. The normalized spacial score (nSPS) is 18.5. The second kappa shape index (κ2) is 11.1. The third kappa shape index (κ3) is 6.01. The number of hydrogen-bond acceptors (Lipinski definition) is 9. The summed E-state index contributed by atoms with van der Waals surface area (Å²) in [5, 5.41) is 14.1. The van der Waals surface area contributed by atoms with Crippen molar-refractivity contribution < 1.29 is 23.8 Å². The molecule has 190 valence electrons. The summed E-state index contributed by atoms with van der Waals surface area (Å²) in [7, 11) is 0. The number of oxazole rings is 1. The minimum Gasteiger partial charge on any atom is -0.486 e. The number of benzene rings is 1. The van der Waals surface area contributed by atoms with Gasteiger partial charge in [-0.1, -0.05) is 6.07 Å². The van der Waals surface area contributed by atoms with E-state index in [0.717, 1.165) is 44.0 Å². The maximum absolute atomic E-state index is 12.1. The maximum atomic E-state index is 12.1. The molecule has 1 saturated heterocycles. The fourth-order valence-electron chi connectivity index (χ4n) is 4.72. The predicted octanol–water partition coefficient (Wildman–Crippen LogP) is 1.91. The van der Waals surface area contributed by atoms with Crippen molar-refractivity contribution in [2.45, 2.75) is 44.6 Å². The zero-order chi connectivity index (χ0) is 24.9. The van der Waals surface area contributed by atoms with Crippen molar-refractivity contribution in [3.05, 3.63) is 71.2 Å². The van der Waals surface area contributed by atoms with E-state index in [2.05, 4.69) is 32.3 Å². The van der Waals surface area contributed by atoms with Crippen molar-refractivity contribution in [3.63, 3.8) is 0 Å². The Morgan fingerprint density at radius 3 is 3.00 bits per heavy atom. The molecule has 1 fully saturated rings. The van der Waals surface area contributed by atoms with Gasteiger partial charge in [0.25, 0.3) is 5.91 Å². The van der Waals surface area contributed by atoms with Gasteiger partial charge in [-0.2, -0.15) is 0 Å². The fraction of sp³-hybridized carbons (Fsp3) is 0.423. The van der Waals surface area contributed by atoms with Gasteiger partial charge in [-0.25, -0.2) is 4.98 Å². The van der Waals surface area contributed by atoms with Crippen molar-refractivity contribution in [1.82, 2.24) is 14.9 Å². The Bertz CT molecular complexity index is 1180.